The summed E-state index contributed by atoms with van der Waals surface area (Å²) in [4.78, 5) is 41.0. The predicted molar refractivity (Wildman–Crippen MR) is 97.8 cm³/mol. The summed E-state index contributed by atoms with van der Waals surface area (Å²) in [5.41, 5.74) is 6.22. The third-order valence-corrected chi connectivity index (χ3v) is 5.06. The van der Waals surface area contributed by atoms with Crippen LogP contribution in [0.15, 0.2) is 33.9 Å². The molecule has 144 valence electrons. The van der Waals surface area contributed by atoms with Crippen molar-refractivity contribution in [1.29, 1.82) is 0 Å². The Morgan fingerprint density at radius 3 is 2.74 bits per heavy atom. The largest absolute Gasteiger partial charge is 0.483 e. The molecule has 10 nitrogen and oxygen atoms in total. The van der Waals surface area contributed by atoms with Crippen LogP contribution in [-0.4, -0.2) is 50.9 Å². The highest BCUT2D eigenvalue weighted by Gasteiger charge is 2.40. The van der Waals surface area contributed by atoms with Crippen LogP contribution in [0.2, 0.25) is 0 Å². The summed E-state index contributed by atoms with van der Waals surface area (Å²) in [6.07, 6.45) is 0.907. The van der Waals surface area contributed by atoms with E-state index < -0.39 is 0 Å². The first kappa shape index (κ1) is 18.6. The van der Waals surface area contributed by atoms with Gasteiger partial charge in [0.15, 0.2) is 0 Å². The molecule has 2 aromatic heterocycles. The van der Waals surface area contributed by atoms with E-state index in [0.717, 1.165) is 12.1 Å². The van der Waals surface area contributed by atoms with Gasteiger partial charge in [0, 0.05) is 42.8 Å². The van der Waals surface area contributed by atoms with E-state index in [1.54, 1.807) is 10.6 Å². The number of aliphatic hydroxyl groups is 1. The molecule has 10 heteroatoms. The van der Waals surface area contributed by atoms with Crippen molar-refractivity contribution in [2.24, 2.45) is 5.92 Å². The van der Waals surface area contributed by atoms with Gasteiger partial charge in [0.2, 0.25) is 5.95 Å². The first-order chi connectivity index (χ1) is 13.0. The number of rotatable bonds is 2. The van der Waals surface area contributed by atoms with Crippen LogP contribution in [0.25, 0.3) is 0 Å². The zero-order chi connectivity index (χ0) is 19.6. The van der Waals surface area contributed by atoms with Crippen LogP contribution in [0.3, 0.4) is 0 Å². The number of anilines is 2. The van der Waals surface area contributed by atoms with Crippen molar-refractivity contribution in [3.63, 3.8) is 0 Å². The summed E-state index contributed by atoms with van der Waals surface area (Å²) in [6, 6.07) is 6.40. The second kappa shape index (κ2) is 7.62. The molecule has 1 saturated heterocycles. The monoisotopic (exact) mass is 375 g/mol. The van der Waals surface area contributed by atoms with Gasteiger partial charge in [-0.05, 0) is 12.5 Å². The summed E-state index contributed by atoms with van der Waals surface area (Å²) < 4.78 is 1.73. The minimum absolute atomic E-state index is 0.0757. The summed E-state index contributed by atoms with van der Waals surface area (Å²) >= 11 is 0. The van der Waals surface area contributed by atoms with E-state index in [0.29, 0.717) is 18.9 Å². The molecular weight excluding hydrogens is 354 g/mol. The molecule has 0 spiro atoms. The molecule has 2 aliphatic heterocycles. The summed E-state index contributed by atoms with van der Waals surface area (Å²) in [5.74, 6) is 0.893. The molecule has 0 aromatic carbocycles. The second-order valence-corrected chi connectivity index (χ2v) is 6.60. The zero-order valence-electron chi connectivity index (χ0n) is 14.5. The standard InChI is InChI=1S/C16H19N5O3.CH2O2/c17-16-18-13(5-14(23)19-16)20-6-9-4-10(7-20)12(8-22)21-11(9)2-1-3-15(21)24;2-1-3/h1-3,5,9-10,12,22H,4,6-8H2,(H3,17,18,19,23);1H,(H,2,3)/t9-,10+,12+;/m1./s1. The molecule has 2 bridgehead atoms. The number of nitrogens with one attached hydrogen (secondary N) is 1. The van der Waals surface area contributed by atoms with E-state index in [9.17, 15) is 14.7 Å². The van der Waals surface area contributed by atoms with E-state index in [2.05, 4.69) is 9.97 Å². The first-order valence-corrected chi connectivity index (χ1v) is 8.50. The molecule has 27 heavy (non-hydrogen) atoms. The highest BCUT2D eigenvalue weighted by Crippen LogP contribution is 2.41. The van der Waals surface area contributed by atoms with Crippen LogP contribution in [0.5, 0.6) is 0 Å². The molecular formula is C17H21N5O5. The number of aromatic amines is 1. The molecule has 5 N–H and O–H groups in total. The number of pyridine rings is 1. The topological polar surface area (TPSA) is 155 Å². The van der Waals surface area contributed by atoms with Gasteiger partial charge in [0.1, 0.15) is 5.82 Å². The number of carboxylic acid groups (broad SMARTS) is 1. The number of aliphatic hydroxyl groups excluding tert-OH is 1. The molecule has 4 rings (SSSR count). The summed E-state index contributed by atoms with van der Waals surface area (Å²) in [6.45, 7) is 0.944. The molecule has 0 amide bonds. The molecule has 3 atom stereocenters. The Bertz CT molecular complexity index is 940. The highest BCUT2D eigenvalue weighted by atomic mass is 16.3. The van der Waals surface area contributed by atoms with E-state index >= 15 is 0 Å². The van der Waals surface area contributed by atoms with Crippen LogP contribution >= 0.6 is 0 Å². The number of aromatic nitrogens is 3. The van der Waals surface area contributed by atoms with Crippen LogP contribution in [0.4, 0.5) is 11.8 Å². The third-order valence-electron chi connectivity index (χ3n) is 5.06. The molecule has 4 heterocycles. The van der Waals surface area contributed by atoms with Crippen LogP contribution in [-0.2, 0) is 4.79 Å². The maximum atomic E-state index is 12.3. The van der Waals surface area contributed by atoms with Gasteiger partial charge in [-0.25, -0.2) is 0 Å². The van der Waals surface area contributed by atoms with E-state index in [4.69, 9.17) is 15.6 Å². The number of nitrogens with zero attached hydrogens (tertiary/aromatic N) is 3. The number of H-pyrrole nitrogens is 1. The fraction of sp³-hybridized carbons (Fsp3) is 0.412. The Balaban J connectivity index is 0.000000659. The molecule has 0 saturated carbocycles. The first-order valence-electron chi connectivity index (χ1n) is 8.50. The van der Waals surface area contributed by atoms with Crippen molar-refractivity contribution < 1.29 is 15.0 Å². The van der Waals surface area contributed by atoms with Crippen molar-refractivity contribution in [3.8, 4) is 0 Å². The van der Waals surface area contributed by atoms with Crippen LogP contribution < -0.4 is 21.8 Å². The van der Waals surface area contributed by atoms with Crippen molar-refractivity contribution in [1.82, 2.24) is 14.5 Å². The Morgan fingerprint density at radius 1 is 1.33 bits per heavy atom. The predicted octanol–water partition coefficient (Wildman–Crippen LogP) is -0.628. The maximum Gasteiger partial charge on any atom is 0.290 e. The van der Waals surface area contributed by atoms with Gasteiger partial charge in [-0.2, -0.15) is 4.98 Å². The number of nitrogens with two attached hydrogens (primary N) is 1. The Kier molecular flexibility index (Phi) is 5.26. The maximum absolute atomic E-state index is 12.3. The molecule has 2 aliphatic rings. The van der Waals surface area contributed by atoms with Crippen LogP contribution in [0.1, 0.15) is 24.1 Å². The fourth-order valence-electron chi connectivity index (χ4n) is 4.09. The van der Waals surface area contributed by atoms with Gasteiger partial charge in [-0.15, -0.1) is 0 Å². The van der Waals surface area contributed by atoms with Crippen molar-refractivity contribution >= 4 is 18.2 Å². The van der Waals surface area contributed by atoms with E-state index in [1.807, 2.05) is 11.0 Å². The number of nitrogen functional groups attached to an aromatic ring is 1. The fourth-order valence-corrected chi connectivity index (χ4v) is 4.09. The Hall–Kier alpha value is -3.14. The zero-order valence-corrected chi connectivity index (χ0v) is 14.5. The van der Waals surface area contributed by atoms with Gasteiger partial charge in [0.05, 0.1) is 12.6 Å². The van der Waals surface area contributed by atoms with Gasteiger partial charge in [-0.3, -0.25) is 19.4 Å². The third kappa shape index (κ3) is 3.56. The smallest absolute Gasteiger partial charge is 0.290 e. The quantitative estimate of drug-likeness (QED) is 0.506. The average molecular weight is 375 g/mol. The molecule has 0 unspecified atom stereocenters. The Labute approximate surface area is 153 Å². The van der Waals surface area contributed by atoms with Crippen molar-refractivity contribution in [3.05, 3.63) is 50.7 Å². The van der Waals surface area contributed by atoms with Gasteiger partial charge >= 0.3 is 0 Å². The second-order valence-electron chi connectivity index (χ2n) is 6.60. The summed E-state index contributed by atoms with van der Waals surface area (Å²) in [5, 5.41) is 16.7. The van der Waals surface area contributed by atoms with Crippen molar-refractivity contribution in [2.45, 2.75) is 18.4 Å². The van der Waals surface area contributed by atoms with E-state index in [1.165, 1.54) is 12.1 Å². The lowest BCUT2D eigenvalue weighted by molar-refractivity contribution is -0.122. The number of fused-ring (bicyclic) bond motifs is 4. The minimum atomic E-state index is -0.288. The number of piperidine rings is 1. The Morgan fingerprint density at radius 2 is 2.07 bits per heavy atom. The molecule has 0 radical (unpaired) electrons. The SMILES string of the molecule is Nc1nc(N2C[C@H]3C[C@@H](C2)[C@H](CO)n2c3cccc2=O)cc(=O)[nH]1.O=CO. The van der Waals surface area contributed by atoms with Crippen LogP contribution in [0, 0.1) is 5.92 Å². The van der Waals surface area contributed by atoms with Crippen molar-refractivity contribution in [2.75, 3.05) is 30.3 Å². The lowest BCUT2D eigenvalue weighted by Gasteiger charge is -2.46. The van der Waals surface area contributed by atoms with E-state index in [-0.39, 0.29) is 48.0 Å². The highest BCUT2D eigenvalue weighted by molar-refractivity contribution is 5.43. The summed E-state index contributed by atoms with van der Waals surface area (Å²) in [7, 11) is 0. The van der Waals surface area contributed by atoms with Gasteiger partial charge in [0.25, 0.3) is 17.6 Å². The molecule has 2 aromatic rings. The van der Waals surface area contributed by atoms with Gasteiger partial charge in [-0.1, -0.05) is 6.07 Å². The lowest BCUT2D eigenvalue weighted by Crippen LogP contribution is -2.50. The average Bonchev–Trinajstić information content (AvgIpc) is 2.62. The molecule has 1 fully saturated rings. The van der Waals surface area contributed by atoms with Gasteiger partial charge < -0.3 is 25.4 Å². The number of hydrogen-bond acceptors (Lipinski definition) is 7. The number of hydrogen-bond donors (Lipinski definition) is 4. The normalized spacial score (nSPS) is 23.0. The minimum Gasteiger partial charge on any atom is -0.483 e. The molecule has 0 aliphatic carbocycles. The lowest BCUT2D eigenvalue weighted by atomic mass is 9.78. The number of carbonyl (C=O) groups is 1.